The van der Waals surface area contributed by atoms with Crippen LogP contribution in [0.3, 0.4) is 0 Å². The van der Waals surface area contributed by atoms with Crippen LogP contribution in [0.1, 0.15) is 63.0 Å². The van der Waals surface area contributed by atoms with Gasteiger partial charge in [-0.25, -0.2) is 0 Å². The van der Waals surface area contributed by atoms with Gasteiger partial charge in [0.15, 0.2) is 0 Å². The molecule has 0 amide bonds. The average Bonchev–Trinajstić information content (AvgIpc) is 3.30. The molecule has 116 valence electrons. The highest BCUT2D eigenvalue weighted by Crippen LogP contribution is 2.44. The number of nitrogens with one attached hydrogen (secondary N) is 1. The van der Waals surface area contributed by atoms with Gasteiger partial charge in [-0.15, -0.1) is 0 Å². The second-order valence-corrected chi connectivity index (χ2v) is 7.72. The van der Waals surface area contributed by atoms with Gasteiger partial charge in [-0.05, 0) is 80.4 Å². The lowest BCUT2D eigenvalue weighted by Gasteiger charge is -2.39. The summed E-state index contributed by atoms with van der Waals surface area (Å²) >= 11 is 0. The van der Waals surface area contributed by atoms with E-state index in [-0.39, 0.29) is 0 Å². The highest BCUT2D eigenvalue weighted by molar-refractivity contribution is 5.30. The van der Waals surface area contributed by atoms with Crippen molar-refractivity contribution in [3.8, 4) is 0 Å². The summed E-state index contributed by atoms with van der Waals surface area (Å²) in [5.74, 6) is 3.33. The van der Waals surface area contributed by atoms with Crippen LogP contribution in [0.25, 0.3) is 0 Å². The number of benzene rings is 1. The molecule has 0 bridgehead atoms. The van der Waals surface area contributed by atoms with Crippen LogP contribution >= 0.6 is 0 Å². The van der Waals surface area contributed by atoms with Gasteiger partial charge in [-0.2, -0.15) is 0 Å². The van der Waals surface area contributed by atoms with Gasteiger partial charge in [0.1, 0.15) is 0 Å². The maximum atomic E-state index is 3.79. The number of aryl methyl sites for hydroxylation is 1. The fraction of sp³-hybridized carbons (Fsp3) is 0.700. The van der Waals surface area contributed by atoms with Gasteiger partial charge in [0.05, 0.1) is 0 Å². The summed E-state index contributed by atoms with van der Waals surface area (Å²) in [6.07, 6.45) is 7.02. The first-order valence-electron chi connectivity index (χ1n) is 8.94. The zero-order valence-electron chi connectivity index (χ0n) is 13.9. The van der Waals surface area contributed by atoms with Crippen molar-refractivity contribution in [1.29, 1.82) is 0 Å². The molecule has 2 fully saturated rings. The van der Waals surface area contributed by atoms with Crippen LogP contribution in [0.15, 0.2) is 24.3 Å². The predicted octanol–water partition coefficient (Wildman–Crippen LogP) is 4.90. The molecule has 1 N–H and O–H groups in total. The average molecular weight is 285 g/mol. The lowest BCUT2D eigenvalue weighted by atomic mass is 9.67. The molecule has 3 rings (SSSR count). The molecule has 21 heavy (non-hydrogen) atoms. The molecule has 3 unspecified atom stereocenters. The summed E-state index contributed by atoms with van der Waals surface area (Å²) in [4.78, 5) is 0. The third kappa shape index (κ3) is 3.69. The molecule has 0 aromatic heterocycles. The van der Waals surface area contributed by atoms with E-state index in [9.17, 15) is 0 Å². The minimum atomic E-state index is 0.763. The summed E-state index contributed by atoms with van der Waals surface area (Å²) in [5.41, 5.74) is 3.11. The highest BCUT2D eigenvalue weighted by atomic mass is 14.9. The van der Waals surface area contributed by atoms with Crippen LogP contribution in [0.2, 0.25) is 0 Å². The Kier molecular flexibility index (Phi) is 4.69. The molecule has 0 aliphatic heterocycles. The quantitative estimate of drug-likeness (QED) is 0.811. The molecule has 2 saturated carbocycles. The molecular formula is C20H31N. The van der Waals surface area contributed by atoms with Crippen LogP contribution in [0.5, 0.6) is 0 Å². The molecule has 1 aromatic rings. The summed E-state index contributed by atoms with van der Waals surface area (Å²) in [6, 6.07) is 9.92. The minimum Gasteiger partial charge on any atom is -0.314 e. The first-order valence-corrected chi connectivity index (χ1v) is 8.94. The smallest absolute Gasteiger partial charge is 0.00683 e. The zero-order valence-corrected chi connectivity index (χ0v) is 13.9. The van der Waals surface area contributed by atoms with Crippen molar-refractivity contribution >= 4 is 0 Å². The summed E-state index contributed by atoms with van der Waals surface area (Å²) < 4.78 is 0. The maximum absolute atomic E-state index is 3.79. The highest BCUT2D eigenvalue weighted by Gasteiger charge is 2.34. The summed E-state index contributed by atoms with van der Waals surface area (Å²) in [7, 11) is 0. The van der Waals surface area contributed by atoms with E-state index in [1.807, 2.05) is 0 Å². The van der Waals surface area contributed by atoms with E-state index < -0.39 is 0 Å². The molecule has 3 atom stereocenters. The Hall–Kier alpha value is -0.820. The molecule has 0 saturated heterocycles. The molecular weight excluding hydrogens is 254 g/mol. The van der Waals surface area contributed by atoms with Gasteiger partial charge in [-0.3, -0.25) is 0 Å². The van der Waals surface area contributed by atoms with Crippen LogP contribution in [-0.4, -0.2) is 12.6 Å². The molecule has 0 spiro atoms. The fourth-order valence-electron chi connectivity index (χ4n) is 4.10. The second-order valence-electron chi connectivity index (χ2n) is 7.72. The van der Waals surface area contributed by atoms with E-state index in [0.717, 1.165) is 29.7 Å². The Labute approximate surface area is 130 Å². The van der Waals surface area contributed by atoms with E-state index in [0.29, 0.717) is 0 Å². The Morgan fingerprint density at radius 2 is 1.86 bits per heavy atom. The van der Waals surface area contributed by atoms with Crippen molar-refractivity contribution in [2.45, 2.75) is 64.8 Å². The SMILES string of the molecule is Cc1ccccc1C1CC(C(C)C)CCC1CNC1CC1. The topological polar surface area (TPSA) is 12.0 Å². The lowest BCUT2D eigenvalue weighted by molar-refractivity contribution is 0.190. The van der Waals surface area contributed by atoms with Crippen molar-refractivity contribution in [2.75, 3.05) is 6.54 Å². The Morgan fingerprint density at radius 1 is 1.10 bits per heavy atom. The standard InChI is InChI=1S/C20H31N/c1-14(2)16-8-9-17(13-21-18-10-11-18)20(12-16)19-7-5-4-6-15(19)3/h4-7,14,16-18,20-21H,8-13H2,1-3H3. The second kappa shape index (κ2) is 6.52. The molecule has 1 nitrogen and oxygen atoms in total. The fourth-order valence-corrected chi connectivity index (χ4v) is 4.10. The van der Waals surface area contributed by atoms with Crippen LogP contribution in [0.4, 0.5) is 0 Å². The van der Waals surface area contributed by atoms with Crippen LogP contribution in [-0.2, 0) is 0 Å². The van der Waals surface area contributed by atoms with Crippen molar-refractivity contribution in [3.05, 3.63) is 35.4 Å². The number of rotatable bonds is 5. The van der Waals surface area contributed by atoms with Gasteiger partial charge in [-0.1, -0.05) is 38.1 Å². The Balaban J connectivity index is 1.76. The Bertz CT molecular complexity index is 461. The van der Waals surface area contributed by atoms with E-state index in [2.05, 4.69) is 50.4 Å². The van der Waals surface area contributed by atoms with Gasteiger partial charge >= 0.3 is 0 Å². The van der Waals surface area contributed by atoms with Crippen molar-refractivity contribution < 1.29 is 0 Å². The molecule has 2 aliphatic rings. The van der Waals surface area contributed by atoms with E-state index in [4.69, 9.17) is 0 Å². The number of hydrogen-bond acceptors (Lipinski definition) is 1. The minimum absolute atomic E-state index is 0.763. The Morgan fingerprint density at radius 3 is 2.52 bits per heavy atom. The normalized spacial score (nSPS) is 29.8. The van der Waals surface area contributed by atoms with Crippen molar-refractivity contribution in [3.63, 3.8) is 0 Å². The lowest BCUT2D eigenvalue weighted by Crippen LogP contribution is -2.34. The van der Waals surface area contributed by atoms with E-state index >= 15 is 0 Å². The molecule has 0 heterocycles. The summed E-state index contributed by atoms with van der Waals surface area (Å²) in [5, 5.41) is 3.79. The molecule has 0 radical (unpaired) electrons. The van der Waals surface area contributed by atoms with Gasteiger partial charge in [0.25, 0.3) is 0 Å². The first-order chi connectivity index (χ1) is 10.1. The van der Waals surface area contributed by atoms with E-state index in [1.54, 1.807) is 5.56 Å². The van der Waals surface area contributed by atoms with E-state index in [1.165, 1.54) is 44.2 Å². The monoisotopic (exact) mass is 285 g/mol. The molecule has 1 heteroatoms. The third-order valence-corrected chi connectivity index (χ3v) is 5.81. The third-order valence-electron chi connectivity index (χ3n) is 5.81. The zero-order chi connectivity index (χ0) is 14.8. The van der Waals surface area contributed by atoms with Gasteiger partial charge in [0.2, 0.25) is 0 Å². The van der Waals surface area contributed by atoms with Crippen LogP contribution < -0.4 is 5.32 Å². The largest absolute Gasteiger partial charge is 0.314 e. The van der Waals surface area contributed by atoms with Gasteiger partial charge in [0, 0.05) is 6.04 Å². The van der Waals surface area contributed by atoms with Crippen molar-refractivity contribution in [1.82, 2.24) is 5.32 Å². The van der Waals surface area contributed by atoms with Gasteiger partial charge < -0.3 is 5.32 Å². The van der Waals surface area contributed by atoms with Crippen LogP contribution in [0, 0.1) is 24.7 Å². The maximum Gasteiger partial charge on any atom is 0.00683 e. The molecule has 1 aromatic carbocycles. The predicted molar refractivity (Wildman–Crippen MR) is 90.6 cm³/mol. The molecule has 2 aliphatic carbocycles. The number of hydrogen-bond donors (Lipinski definition) is 1. The van der Waals surface area contributed by atoms with Crippen molar-refractivity contribution in [2.24, 2.45) is 17.8 Å². The first kappa shape index (κ1) is 15.1. The summed E-state index contributed by atoms with van der Waals surface area (Å²) in [6.45, 7) is 8.33.